The Morgan fingerprint density at radius 2 is 1.00 bits per heavy atom. The van der Waals surface area contributed by atoms with E-state index in [1.165, 1.54) is 0 Å². The minimum atomic E-state index is -8.10. The Labute approximate surface area is 154 Å². The number of halogens is 16. The topological polar surface area (TPSA) is 26.3 Å². The zero-order chi connectivity index (χ0) is 24.8. The van der Waals surface area contributed by atoms with Gasteiger partial charge in [-0.15, -0.1) is 0 Å². The van der Waals surface area contributed by atoms with Crippen LogP contribution in [0.3, 0.4) is 0 Å². The van der Waals surface area contributed by atoms with Gasteiger partial charge in [0.2, 0.25) is 0 Å². The van der Waals surface area contributed by atoms with Crippen molar-refractivity contribution < 1.29 is 79.8 Å². The number of esters is 1. The second-order valence-corrected chi connectivity index (χ2v) is 5.36. The first-order valence-corrected chi connectivity index (χ1v) is 6.68. The van der Waals surface area contributed by atoms with Gasteiger partial charge in [0.05, 0.1) is 13.0 Å². The van der Waals surface area contributed by atoms with Crippen LogP contribution in [0.4, 0.5) is 70.2 Å². The first kappa shape index (κ1) is 28.1. The number of carbonyl (C=O) groups is 1. The zero-order valence-electron chi connectivity index (χ0n) is 13.5. The molecule has 178 valence electrons. The smallest absolute Gasteiger partial charge is 0.460 e. The molecule has 0 radical (unpaired) electrons. The standard InChI is InChI=1S/C12H6F16O2/c1-4(7(15,16)17)5(29)30-3-2-6(13,14)8(18,19)9(20,21)10(22,23)11(24,25)12(26,27)28/h1-3H2. The number of rotatable bonds is 8. The van der Waals surface area contributed by atoms with Gasteiger partial charge in [-0.3, -0.25) is 0 Å². The first-order chi connectivity index (χ1) is 12.8. The van der Waals surface area contributed by atoms with Crippen LogP contribution in [0, 0.1) is 0 Å². The minimum absolute atomic E-state index is 2.07. The maximum Gasteiger partial charge on any atom is 0.460 e. The van der Waals surface area contributed by atoms with Gasteiger partial charge >= 0.3 is 47.9 Å². The SMILES string of the molecule is C=C(C(=O)OCCC(F)(F)C(F)(F)C(F)(F)C(F)(F)C(F)(F)C(F)(F)F)C(F)(F)F. The highest BCUT2D eigenvalue weighted by Gasteiger charge is 2.90. The lowest BCUT2D eigenvalue weighted by atomic mass is 9.93. The predicted octanol–water partition coefficient (Wildman–Crippen LogP) is 5.78. The molecule has 30 heavy (non-hydrogen) atoms. The van der Waals surface area contributed by atoms with Gasteiger partial charge in [-0.1, -0.05) is 6.58 Å². The average molecular weight is 486 g/mol. The Bertz CT molecular complexity index is 656. The fourth-order valence-corrected chi connectivity index (χ4v) is 1.43. The third-order valence-electron chi connectivity index (χ3n) is 3.24. The van der Waals surface area contributed by atoms with E-state index in [4.69, 9.17) is 0 Å². The van der Waals surface area contributed by atoms with Crippen LogP contribution in [0.15, 0.2) is 12.2 Å². The summed E-state index contributed by atoms with van der Waals surface area (Å²) >= 11 is 0. The molecule has 0 saturated heterocycles. The molecule has 0 aromatic heterocycles. The molecule has 0 heterocycles. The largest absolute Gasteiger partial charge is 0.462 e. The molecule has 0 aliphatic rings. The van der Waals surface area contributed by atoms with Crippen LogP contribution in [-0.4, -0.2) is 54.5 Å². The van der Waals surface area contributed by atoms with Crippen LogP contribution in [-0.2, 0) is 9.53 Å². The van der Waals surface area contributed by atoms with E-state index < -0.39 is 66.5 Å². The molecule has 0 aromatic carbocycles. The van der Waals surface area contributed by atoms with E-state index in [-0.39, 0.29) is 0 Å². The fraction of sp³-hybridized carbons (Fsp3) is 0.750. The van der Waals surface area contributed by atoms with Gasteiger partial charge < -0.3 is 4.74 Å². The Morgan fingerprint density at radius 3 is 1.33 bits per heavy atom. The molecule has 0 amide bonds. The zero-order valence-corrected chi connectivity index (χ0v) is 13.5. The van der Waals surface area contributed by atoms with Crippen LogP contribution in [0.25, 0.3) is 0 Å². The summed E-state index contributed by atoms with van der Waals surface area (Å²) in [7, 11) is 0. The highest BCUT2D eigenvalue weighted by atomic mass is 19.4. The van der Waals surface area contributed by atoms with Crippen molar-refractivity contribution in [1.29, 1.82) is 0 Å². The number of hydrogen-bond donors (Lipinski definition) is 0. The Kier molecular flexibility index (Phi) is 7.16. The number of ether oxygens (including phenoxy) is 1. The van der Waals surface area contributed by atoms with Crippen LogP contribution >= 0.6 is 0 Å². The highest BCUT2D eigenvalue weighted by Crippen LogP contribution is 2.60. The van der Waals surface area contributed by atoms with E-state index in [0.29, 0.717) is 0 Å². The molecule has 0 rings (SSSR count). The van der Waals surface area contributed by atoms with Crippen molar-refractivity contribution in [1.82, 2.24) is 0 Å². The lowest BCUT2D eigenvalue weighted by molar-refractivity contribution is -0.440. The normalized spacial score (nSPS) is 15.2. The second-order valence-electron chi connectivity index (χ2n) is 5.36. The Hall–Kier alpha value is -1.91. The number of hydrogen-bond acceptors (Lipinski definition) is 2. The molecule has 18 heteroatoms. The van der Waals surface area contributed by atoms with E-state index >= 15 is 0 Å². The van der Waals surface area contributed by atoms with Crippen molar-refractivity contribution in [2.45, 2.75) is 48.4 Å². The van der Waals surface area contributed by atoms with Crippen molar-refractivity contribution in [3.63, 3.8) is 0 Å². The van der Waals surface area contributed by atoms with Crippen molar-refractivity contribution in [2.75, 3.05) is 6.61 Å². The number of alkyl halides is 16. The quantitative estimate of drug-likeness (QED) is 0.247. The molecule has 0 saturated carbocycles. The van der Waals surface area contributed by atoms with E-state index in [2.05, 4.69) is 11.3 Å². The molecule has 0 bridgehead atoms. The lowest BCUT2D eigenvalue weighted by Gasteiger charge is -2.39. The summed E-state index contributed by atoms with van der Waals surface area (Å²) in [5, 5.41) is 0. The highest BCUT2D eigenvalue weighted by molar-refractivity contribution is 5.89. The van der Waals surface area contributed by atoms with Gasteiger partial charge in [0.25, 0.3) is 0 Å². The molecule has 0 aromatic rings. The van der Waals surface area contributed by atoms with Crippen molar-refractivity contribution in [3.05, 3.63) is 12.2 Å². The number of carbonyl (C=O) groups excluding carboxylic acids is 1. The molecule has 0 spiro atoms. The Balaban J connectivity index is 5.72. The minimum Gasteiger partial charge on any atom is -0.462 e. The molecule has 0 aliphatic heterocycles. The summed E-state index contributed by atoms with van der Waals surface area (Å²) in [6.45, 7) is -0.231. The van der Waals surface area contributed by atoms with Gasteiger partial charge in [0, 0.05) is 0 Å². The first-order valence-electron chi connectivity index (χ1n) is 6.68. The van der Waals surface area contributed by atoms with Crippen LogP contribution in [0.5, 0.6) is 0 Å². The summed E-state index contributed by atoms with van der Waals surface area (Å²) < 4.78 is 205. The third-order valence-corrected chi connectivity index (χ3v) is 3.24. The van der Waals surface area contributed by atoms with E-state index in [1.54, 1.807) is 0 Å². The molecule has 0 aliphatic carbocycles. The summed E-state index contributed by atoms with van der Waals surface area (Å²) in [4.78, 5) is 10.8. The summed E-state index contributed by atoms with van der Waals surface area (Å²) in [6.07, 6.45) is -16.1. The van der Waals surface area contributed by atoms with Crippen LogP contribution in [0.1, 0.15) is 6.42 Å². The van der Waals surface area contributed by atoms with Gasteiger partial charge in [0.1, 0.15) is 5.57 Å². The maximum absolute atomic E-state index is 13.3. The molecule has 0 unspecified atom stereocenters. The van der Waals surface area contributed by atoms with Crippen molar-refractivity contribution >= 4 is 5.97 Å². The molecule has 2 nitrogen and oxygen atoms in total. The maximum atomic E-state index is 13.3. The lowest BCUT2D eigenvalue weighted by Crippen LogP contribution is -2.70. The Morgan fingerprint density at radius 1 is 0.633 bits per heavy atom. The van der Waals surface area contributed by atoms with E-state index in [9.17, 15) is 75.0 Å². The van der Waals surface area contributed by atoms with Crippen molar-refractivity contribution in [2.24, 2.45) is 0 Å². The van der Waals surface area contributed by atoms with Gasteiger partial charge in [0.15, 0.2) is 0 Å². The molecular weight excluding hydrogens is 480 g/mol. The summed E-state index contributed by atoms with van der Waals surface area (Å²) in [5.41, 5.74) is -2.39. The molecule has 0 atom stereocenters. The van der Waals surface area contributed by atoms with Gasteiger partial charge in [-0.05, 0) is 0 Å². The van der Waals surface area contributed by atoms with E-state index in [1.807, 2.05) is 0 Å². The van der Waals surface area contributed by atoms with Crippen molar-refractivity contribution in [3.8, 4) is 0 Å². The van der Waals surface area contributed by atoms with Gasteiger partial charge in [-0.25, -0.2) is 4.79 Å². The summed E-state index contributed by atoms with van der Waals surface area (Å²) in [5.74, 6) is -40.8. The monoisotopic (exact) mass is 486 g/mol. The van der Waals surface area contributed by atoms with Crippen LogP contribution < -0.4 is 0 Å². The van der Waals surface area contributed by atoms with Crippen LogP contribution in [0.2, 0.25) is 0 Å². The third kappa shape index (κ3) is 4.55. The van der Waals surface area contributed by atoms with Gasteiger partial charge in [-0.2, -0.15) is 70.2 Å². The molecular formula is C12H6F16O2. The summed E-state index contributed by atoms with van der Waals surface area (Å²) in [6, 6.07) is 0. The average Bonchev–Trinajstić information content (AvgIpc) is 2.50. The van der Waals surface area contributed by atoms with E-state index in [0.717, 1.165) is 0 Å². The molecule has 0 N–H and O–H groups in total. The molecule has 0 fully saturated rings. The second kappa shape index (κ2) is 7.65. The fourth-order valence-electron chi connectivity index (χ4n) is 1.43. The predicted molar refractivity (Wildman–Crippen MR) is 61.6 cm³/mol.